The van der Waals surface area contributed by atoms with Gasteiger partial charge in [-0.15, -0.1) is 0 Å². The summed E-state index contributed by atoms with van der Waals surface area (Å²) in [6, 6.07) is 3.94. The third-order valence-electron chi connectivity index (χ3n) is 2.98. The SMILES string of the molecule is CCCCCNCc1cn[nH]c1-c1ccc(C)o1. The zero-order valence-corrected chi connectivity index (χ0v) is 11.1. The Balaban J connectivity index is 1.92. The molecule has 2 rings (SSSR count). The Kier molecular flexibility index (Phi) is 4.59. The lowest BCUT2D eigenvalue weighted by Crippen LogP contribution is -2.14. The van der Waals surface area contributed by atoms with E-state index in [1.165, 1.54) is 19.3 Å². The van der Waals surface area contributed by atoms with Crippen LogP contribution in [0.15, 0.2) is 22.7 Å². The first-order chi connectivity index (χ1) is 8.81. The van der Waals surface area contributed by atoms with E-state index >= 15 is 0 Å². The Bertz CT molecular complexity index is 473. The van der Waals surface area contributed by atoms with Crippen LogP contribution in [0.5, 0.6) is 0 Å². The number of nitrogens with one attached hydrogen (secondary N) is 2. The molecule has 2 heterocycles. The van der Waals surface area contributed by atoms with Crippen molar-refractivity contribution in [2.24, 2.45) is 0 Å². The van der Waals surface area contributed by atoms with Gasteiger partial charge < -0.3 is 9.73 Å². The molecule has 0 aliphatic heterocycles. The fraction of sp³-hybridized carbons (Fsp3) is 0.500. The van der Waals surface area contributed by atoms with Gasteiger partial charge in [0.1, 0.15) is 11.5 Å². The van der Waals surface area contributed by atoms with Crippen LogP contribution in [0.2, 0.25) is 0 Å². The Labute approximate surface area is 108 Å². The standard InChI is InChI=1S/C14H21N3O/c1-3-4-5-8-15-9-12-10-16-17-14(12)13-7-6-11(2)18-13/h6-7,10,15H,3-5,8-9H2,1-2H3,(H,16,17). The predicted molar refractivity (Wildman–Crippen MR) is 72.3 cm³/mol. The highest BCUT2D eigenvalue weighted by molar-refractivity contribution is 5.56. The van der Waals surface area contributed by atoms with E-state index in [1.807, 2.05) is 25.3 Å². The van der Waals surface area contributed by atoms with Crippen LogP contribution in [0.3, 0.4) is 0 Å². The minimum absolute atomic E-state index is 0.829. The molecule has 0 radical (unpaired) electrons. The quantitative estimate of drug-likeness (QED) is 0.738. The summed E-state index contributed by atoms with van der Waals surface area (Å²) in [6.07, 6.45) is 5.62. The molecule has 4 heteroatoms. The fourth-order valence-corrected chi connectivity index (χ4v) is 1.95. The molecule has 0 saturated carbocycles. The Morgan fingerprint density at radius 1 is 1.33 bits per heavy atom. The number of furan rings is 1. The van der Waals surface area contributed by atoms with E-state index in [4.69, 9.17) is 4.42 Å². The van der Waals surface area contributed by atoms with Crippen molar-refractivity contribution in [3.8, 4) is 11.5 Å². The Hall–Kier alpha value is -1.55. The van der Waals surface area contributed by atoms with Gasteiger partial charge in [-0.2, -0.15) is 5.10 Å². The van der Waals surface area contributed by atoms with E-state index in [-0.39, 0.29) is 0 Å². The first-order valence-corrected chi connectivity index (χ1v) is 6.61. The van der Waals surface area contributed by atoms with Gasteiger partial charge in [0.15, 0.2) is 5.76 Å². The minimum Gasteiger partial charge on any atom is -0.460 e. The zero-order chi connectivity index (χ0) is 12.8. The molecule has 0 saturated heterocycles. The number of hydrogen-bond acceptors (Lipinski definition) is 3. The Morgan fingerprint density at radius 3 is 2.94 bits per heavy atom. The normalized spacial score (nSPS) is 11.0. The summed E-state index contributed by atoms with van der Waals surface area (Å²) in [5.41, 5.74) is 2.13. The summed E-state index contributed by atoms with van der Waals surface area (Å²) in [7, 11) is 0. The van der Waals surface area contributed by atoms with Crippen LogP contribution in [0.25, 0.3) is 11.5 Å². The molecule has 0 amide bonds. The van der Waals surface area contributed by atoms with E-state index in [2.05, 4.69) is 22.4 Å². The molecule has 0 fully saturated rings. The van der Waals surface area contributed by atoms with E-state index < -0.39 is 0 Å². The molecule has 0 spiro atoms. The molecule has 0 unspecified atom stereocenters. The molecule has 0 bridgehead atoms. The van der Waals surface area contributed by atoms with E-state index in [0.29, 0.717) is 0 Å². The second-order valence-electron chi connectivity index (χ2n) is 4.56. The van der Waals surface area contributed by atoms with Crippen LogP contribution in [0, 0.1) is 6.92 Å². The maximum Gasteiger partial charge on any atom is 0.152 e. The molecule has 98 valence electrons. The number of nitrogens with zero attached hydrogens (tertiary/aromatic N) is 1. The molecule has 0 aromatic carbocycles. The molecule has 0 aliphatic rings. The highest BCUT2D eigenvalue weighted by atomic mass is 16.3. The molecule has 4 nitrogen and oxygen atoms in total. The predicted octanol–water partition coefficient (Wildman–Crippen LogP) is 3.26. The van der Waals surface area contributed by atoms with Gasteiger partial charge in [0.05, 0.1) is 6.20 Å². The molecular weight excluding hydrogens is 226 g/mol. The van der Waals surface area contributed by atoms with Crippen LogP contribution in [0.4, 0.5) is 0 Å². The van der Waals surface area contributed by atoms with Crippen molar-refractivity contribution in [3.63, 3.8) is 0 Å². The first-order valence-electron chi connectivity index (χ1n) is 6.61. The Morgan fingerprint density at radius 2 is 2.22 bits per heavy atom. The second-order valence-corrected chi connectivity index (χ2v) is 4.56. The molecule has 2 aromatic heterocycles. The number of hydrogen-bond donors (Lipinski definition) is 2. The molecule has 0 atom stereocenters. The second kappa shape index (κ2) is 6.40. The van der Waals surface area contributed by atoms with Gasteiger partial charge in [0.2, 0.25) is 0 Å². The number of aromatic nitrogens is 2. The van der Waals surface area contributed by atoms with Crippen molar-refractivity contribution in [2.45, 2.75) is 39.7 Å². The highest BCUT2D eigenvalue weighted by Crippen LogP contribution is 2.23. The summed E-state index contributed by atoms with van der Waals surface area (Å²) in [5.74, 6) is 1.77. The monoisotopic (exact) mass is 247 g/mol. The third-order valence-corrected chi connectivity index (χ3v) is 2.98. The lowest BCUT2D eigenvalue weighted by molar-refractivity contribution is 0.544. The molecule has 18 heavy (non-hydrogen) atoms. The fourth-order valence-electron chi connectivity index (χ4n) is 1.95. The zero-order valence-electron chi connectivity index (χ0n) is 11.1. The van der Waals surface area contributed by atoms with Gasteiger partial charge in [-0.05, 0) is 32.0 Å². The first kappa shape index (κ1) is 12.9. The van der Waals surface area contributed by atoms with Gasteiger partial charge >= 0.3 is 0 Å². The topological polar surface area (TPSA) is 53.9 Å². The average Bonchev–Trinajstić information content (AvgIpc) is 2.97. The summed E-state index contributed by atoms with van der Waals surface area (Å²) < 4.78 is 5.61. The minimum atomic E-state index is 0.829. The smallest absolute Gasteiger partial charge is 0.152 e. The number of aromatic amines is 1. The average molecular weight is 247 g/mol. The molecular formula is C14H21N3O. The van der Waals surface area contributed by atoms with E-state index in [9.17, 15) is 0 Å². The number of unbranched alkanes of at least 4 members (excludes halogenated alkanes) is 2. The van der Waals surface area contributed by atoms with Crippen LogP contribution < -0.4 is 5.32 Å². The molecule has 2 N–H and O–H groups in total. The van der Waals surface area contributed by atoms with Crippen molar-refractivity contribution >= 4 is 0 Å². The van der Waals surface area contributed by atoms with Crippen LogP contribution in [0.1, 0.15) is 37.5 Å². The summed E-state index contributed by atoms with van der Waals surface area (Å²) >= 11 is 0. The van der Waals surface area contributed by atoms with Crippen LogP contribution in [-0.4, -0.2) is 16.7 Å². The largest absolute Gasteiger partial charge is 0.460 e. The van der Waals surface area contributed by atoms with Crippen molar-refractivity contribution in [1.29, 1.82) is 0 Å². The number of H-pyrrole nitrogens is 1. The van der Waals surface area contributed by atoms with Crippen molar-refractivity contribution < 1.29 is 4.42 Å². The van der Waals surface area contributed by atoms with Crippen molar-refractivity contribution in [3.05, 3.63) is 29.7 Å². The summed E-state index contributed by atoms with van der Waals surface area (Å²) in [6.45, 7) is 6.04. The van der Waals surface area contributed by atoms with Crippen molar-refractivity contribution in [1.82, 2.24) is 15.5 Å². The lowest BCUT2D eigenvalue weighted by atomic mass is 10.2. The molecule has 2 aromatic rings. The number of rotatable bonds is 7. The van der Waals surface area contributed by atoms with Gasteiger partial charge in [-0.25, -0.2) is 0 Å². The maximum atomic E-state index is 5.61. The van der Waals surface area contributed by atoms with Crippen molar-refractivity contribution in [2.75, 3.05) is 6.54 Å². The number of aryl methyl sites for hydroxylation is 1. The van der Waals surface area contributed by atoms with Gasteiger partial charge in [-0.3, -0.25) is 5.10 Å². The van der Waals surface area contributed by atoms with Crippen LogP contribution in [-0.2, 0) is 6.54 Å². The van der Waals surface area contributed by atoms with Gasteiger partial charge in [-0.1, -0.05) is 19.8 Å². The van der Waals surface area contributed by atoms with Gasteiger partial charge in [0.25, 0.3) is 0 Å². The lowest BCUT2D eigenvalue weighted by Gasteiger charge is -2.03. The van der Waals surface area contributed by atoms with Gasteiger partial charge in [0, 0.05) is 12.1 Å². The third kappa shape index (κ3) is 3.23. The van der Waals surface area contributed by atoms with Crippen LogP contribution >= 0.6 is 0 Å². The van der Waals surface area contributed by atoms with E-state index in [1.54, 1.807) is 0 Å². The highest BCUT2D eigenvalue weighted by Gasteiger charge is 2.10. The van der Waals surface area contributed by atoms with E-state index in [0.717, 1.165) is 35.9 Å². The maximum absolute atomic E-state index is 5.61. The molecule has 0 aliphatic carbocycles. The summed E-state index contributed by atoms with van der Waals surface area (Å²) in [4.78, 5) is 0. The summed E-state index contributed by atoms with van der Waals surface area (Å²) in [5, 5.41) is 10.5.